The summed E-state index contributed by atoms with van der Waals surface area (Å²) in [5.74, 6) is 0.118. The van der Waals surface area contributed by atoms with Crippen LogP contribution in [0.4, 0.5) is 0 Å². The van der Waals surface area contributed by atoms with Crippen LogP contribution >= 0.6 is 0 Å². The monoisotopic (exact) mass is 279 g/mol. The predicted molar refractivity (Wildman–Crippen MR) is 77.0 cm³/mol. The van der Waals surface area contributed by atoms with Crippen LogP contribution in [0.5, 0.6) is 0 Å². The first-order valence-corrected chi connectivity index (χ1v) is 7.55. The molecule has 0 spiro atoms. The van der Waals surface area contributed by atoms with Gasteiger partial charge in [0.1, 0.15) is 6.54 Å². The molecule has 0 bridgehead atoms. The molecule has 0 unspecified atom stereocenters. The van der Waals surface area contributed by atoms with Gasteiger partial charge in [0.2, 0.25) is 5.91 Å². The van der Waals surface area contributed by atoms with Crippen LogP contribution in [0.2, 0.25) is 0 Å². The van der Waals surface area contributed by atoms with Gasteiger partial charge in [-0.2, -0.15) is 0 Å². The minimum Gasteiger partial charge on any atom is -0.341 e. The van der Waals surface area contributed by atoms with Crippen LogP contribution in [0.1, 0.15) is 44.2 Å². The first-order chi connectivity index (χ1) is 9.70. The number of carbonyl (C=O) groups excluding carboxylic acids is 1. The van der Waals surface area contributed by atoms with Crippen LogP contribution in [0.25, 0.3) is 0 Å². The van der Waals surface area contributed by atoms with Gasteiger partial charge in [0.05, 0.1) is 5.69 Å². The van der Waals surface area contributed by atoms with Crippen molar-refractivity contribution in [2.45, 2.75) is 57.5 Å². The maximum absolute atomic E-state index is 12.3. The number of nitrogens with two attached hydrogens (primary N) is 1. The van der Waals surface area contributed by atoms with Gasteiger partial charge in [0.25, 0.3) is 0 Å². The topological polar surface area (TPSA) is 77.0 Å². The molecule has 112 valence electrons. The largest absolute Gasteiger partial charge is 0.341 e. The molecule has 2 rings (SSSR count). The van der Waals surface area contributed by atoms with E-state index in [-0.39, 0.29) is 12.5 Å². The molecule has 6 nitrogen and oxygen atoms in total. The van der Waals surface area contributed by atoms with Crippen LogP contribution in [-0.2, 0) is 17.8 Å². The lowest BCUT2D eigenvalue weighted by Gasteiger charge is -2.31. The Balaban J connectivity index is 1.85. The van der Waals surface area contributed by atoms with Gasteiger partial charge in [0.15, 0.2) is 0 Å². The van der Waals surface area contributed by atoms with Crippen LogP contribution < -0.4 is 5.73 Å². The Morgan fingerprint density at radius 2 is 2.20 bits per heavy atom. The van der Waals surface area contributed by atoms with E-state index in [0.717, 1.165) is 31.4 Å². The summed E-state index contributed by atoms with van der Waals surface area (Å²) >= 11 is 0. The number of hydrogen-bond donors (Lipinski definition) is 1. The third-order valence-electron chi connectivity index (χ3n) is 4.04. The van der Waals surface area contributed by atoms with E-state index in [2.05, 4.69) is 10.3 Å². The predicted octanol–water partition coefficient (Wildman–Crippen LogP) is 0.960. The van der Waals surface area contributed by atoms with E-state index in [0.29, 0.717) is 12.6 Å². The van der Waals surface area contributed by atoms with E-state index in [1.165, 1.54) is 19.3 Å². The Morgan fingerprint density at radius 1 is 1.45 bits per heavy atom. The average molecular weight is 279 g/mol. The quantitative estimate of drug-likeness (QED) is 0.841. The Hall–Kier alpha value is -1.43. The van der Waals surface area contributed by atoms with Gasteiger partial charge in [-0.1, -0.05) is 24.5 Å². The van der Waals surface area contributed by atoms with E-state index in [9.17, 15) is 4.79 Å². The lowest BCUT2D eigenvalue weighted by atomic mass is 9.94. The zero-order valence-corrected chi connectivity index (χ0v) is 12.3. The SMILES string of the molecule is CN(C(=O)Cn1cc(CCCN)nn1)C1CCCCC1. The molecule has 1 aromatic heterocycles. The third-order valence-corrected chi connectivity index (χ3v) is 4.04. The highest BCUT2D eigenvalue weighted by atomic mass is 16.2. The fourth-order valence-corrected chi connectivity index (χ4v) is 2.74. The second kappa shape index (κ2) is 7.38. The summed E-state index contributed by atoms with van der Waals surface area (Å²) in [6.45, 7) is 0.929. The standard InChI is InChI=1S/C14H25N5O/c1-18(13-7-3-2-4-8-13)14(20)11-19-10-12(16-17-19)6-5-9-15/h10,13H,2-9,11,15H2,1H3. The summed E-state index contributed by atoms with van der Waals surface area (Å²) in [5, 5.41) is 8.08. The normalized spacial score (nSPS) is 16.3. The van der Waals surface area contributed by atoms with Crippen molar-refractivity contribution in [1.82, 2.24) is 19.9 Å². The number of likely N-dealkylation sites (N-methyl/N-ethyl adjacent to an activating group) is 1. The van der Waals surface area contributed by atoms with Gasteiger partial charge in [-0.3, -0.25) is 4.79 Å². The average Bonchev–Trinajstić information content (AvgIpc) is 2.92. The van der Waals surface area contributed by atoms with Crippen molar-refractivity contribution in [3.8, 4) is 0 Å². The van der Waals surface area contributed by atoms with Crippen LogP contribution in [-0.4, -0.2) is 45.4 Å². The molecule has 1 amide bonds. The number of aromatic nitrogens is 3. The maximum Gasteiger partial charge on any atom is 0.244 e. The van der Waals surface area contributed by atoms with Gasteiger partial charge in [-0.15, -0.1) is 5.10 Å². The summed E-state index contributed by atoms with van der Waals surface area (Å²) in [4.78, 5) is 14.1. The second-order valence-corrected chi connectivity index (χ2v) is 5.60. The summed E-state index contributed by atoms with van der Waals surface area (Å²) < 4.78 is 1.63. The molecule has 2 N–H and O–H groups in total. The molecule has 20 heavy (non-hydrogen) atoms. The van der Waals surface area contributed by atoms with Crippen LogP contribution in [0.3, 0.4) is 0 Å². The van der Waals surface area contributed by atoms with Crippen molar-refractivity contribution in [1.29, 1.82) is 0 Å². The number of amides is 1. The molecule has 0 atom stereocenters. The lowest BCUT2D eigenvalue weighted by molar-refractivity contribution is -0.133. The van der Waals surface area contributed by atoms with E-state index < -0.39 is 0 Å². The molecule has 0 aromatic carbocycles. The molecule has 1 aromatic rings. The van der Waals surface area contributed by atoms with Gasteiger partial charge in [-0.05, 0) is 32.2 Å². The van der Waals surface area contributed by atoms with Gasteiger partial charge in [0, 0.05) is 19.3 Å². The molecule has 1 heterocycles. The second-order valence-electron chi connectivity index (χ2n) is 5.60. The number of hydrogen-bond acceptors (Lipinski definition) is 4. The fourth-order valence-electron chi connectivity index (χ4n) is 2.74. The van der Waals surface area contributed by atoms with Gasteiger partial charge < -0.3 is 10.6 Å². The van der Waals surface area contributed by atoms with E-state index >= 15 is 0 Å². The summed E-state index contributed by atoms with van der Waals surface area (Å²) in [7, 11) is 1.91. The highest BCUT2D eigenvalue weighted by Gasteiger charge is 2.22. The molecule has 1 aliphatic carbocycles. The first kappa shape index (κ1) is 15.0. The molecule has 1 aliphatic rings. The summed E-state index contributed by atoms with van der Waals surface area (Å²) in [5.41, 5.74) is 6.38. The number of carbonyl (C=O) groups is 1. The summed E-state index contributed by atoms with van der Waals surface area (Å²) in [6, 6.07) is 0.400. The Labute approximate surface area is 120 Å². The molecule has 0 aliphatic heterocycles. The fraction of sp³-hybridized carbons (Fsp3) is 0.786. The zero-order valence-electron chi connectivity index (χ0n) is 12.3. The maximum atomic E-state index is 12.3. The summed E-state index contributed by atoms with van der Waals surface area (Å²) in [6.07, 6.45) is 9.58. The highest BCUT2D eigenvalue weighted by Crippen LogP contribution is 2.21. The van der Waals surface area contributed by atoms with Crippen molar-refractivity contribution in [2.75, 3.05) is 13.6 Å². The van der Waals surface area contributed by atoms with Crippen molar-refractivity contribution in [3.05, 3.63) is 11.9 Å². The molecule has 1 fully saturated rings. The number of aryl methyl sites for hydroxylation is 1. The Morgan fingerprint density at radius 3 is 2.90 bits per heavy atom. The van der Waals surface area contributed by atoms with Gasteiger partial charge >= 0.3 is 0 Å². The van der Waals surface area contributed by atoms with Crippen molar-refractivity contribution >= 4 is 5.91 Å². The minimum atomic E-state index is 0.118. The van der Waals surface area contributed by atoms with E-state index in [1.807, 2.05) is 18.1 Å². The first-order valence-electron chi connectivity index (χ1n) is 7.55. The molecule has 0 radical (unpaired) electrons. The Bertz CT molecular complexity index is 425. The lowest BCUT2D eigenvalue weighted by Crippen LogP contribution is -2.40. The Kier molecular flexibility index (Phi) is 5.52. The zero-order chi connectivity index (χ0) is 14.4. The van der Waals surface area contributed by atoms with E-state index in [1.54, 1.807) is 4.68 Å². The molecule has 6 heteroatoms. The highest BCUT2D eigenvalue weighted by molar-refractivity contribution is 5.75. The van der Waals surface area contributed by atoms with Gasteiger partial charge in [-0.25, -0.2) is 4.68 Å². The number of rotatable bonds is 6. The van der Waals surface area contributed by atoms with Crippen LogP contribution in [0, 0.1) is 0 Å². The van der Waals surface area contributed by atoms with Crippen molar-refractivity contribution in [2.24, 2.45) is 5.73 Å². The number of nitrogens with zero attached hydrogens (tertiary/aromatic N) is 4. The van der Waals surface area contributed by atoms with Crippen molar-refractivity contribution in [3.63, 3.8) is 0 Å². The smallest absolute Gasteiger partial charge is 0.244 e. The minimum absolute atomic E-state index is 0.118. The van der Waals surface area contributed by atoms with Crippen LogP contribution in [0.15, 0.2) is 6.20 Å². The third kappa shape index (κ3) is 4.03. The van der Waals surface area contributed by atoms with E-state index in [4.69, 9.17) is 5.73 Å². The molecular weight excluding hydrogens is 254 g/mol. The van der Waals surface area contributed by atoms with Crippen molar-refractivity contribution < 1.29 is 4.79 Å². The molecule has 1 saturated carbocycles. The molecular formula is C14H25N5O. The molecule has 0 saturated heterocycles.